The average molecular weight is 299 g/mol. The first kappa shape index (κ1) is 18.4. The molecule has 1 heterocycles. The van der Waals surface area contributed by atoms with Gasteiger partial charge in [-0.25, -0.2) is 0 Å². The minimum atomic E-state index is -0.164. The molecule has 0 aromatic carbocycles. The molecule has 21 heavy (non-hydrogen) atoms. The van der Waals surface area contributed by atoms with Gasteiger partial charge in [0.25, 0.3) is 0 Å². The smallest absolute Gasteiger partial charge is 0.237 e. The van der Waals surface area contributed by atoms with Crippen molar-refractivity contribution in [2.45, 2.75) is 52.1 Å². The Balaban J connectivity index is 2.38. The van der Waals surface area contributed by atoms with Gasteiger partial charge in [0.15, 0.2) is 0 Å². The number of rotatable bonds is 7. The molecule has 1 fully saturated rings. The van der Waals surface area contributed by atoms with Crippen LogP contribution in [0.3, 0.4) is 0 Å². The van der Waals surface area contributed by atoms with Gasteiger partial charge < -0.3 is 15.4 Å². The summed E-state index contributed by atoms with van der Waals surface area (Å²) in [6.45, 7) is 12.8. The SMILES string of the molecule is COCCNCC1CCCN(C(C)C(=O)NC(C)(C)C)C1. The van der Waals surface area contributed by atoms with Crippen molar-refractivity contribution < 1.29 is 9.53 Å². The molecule has 2 unspecified atom stereocenters. The first-order chi connectivity index (χ1) is 9.83. The lowest BCUT2D eigenvalue weighted by atomic mass is 9.96. The molecule has 0 bridgehead atoms. The quantitative estimate of drug-likeness (QED) is 0.695. The number of carbonyl (C=O) groups is 1. The van der Waals surface area contributed by atoms with Crippen LogP contribution in [0.15, 0.2) is 0 Å². The van der Waals surface area contributed by atoms with Crippen molar-refractivity contribution in [2.75, 3.05) is 39.9 Å². The maximum absolute atomic E-state index is 12.3. The number of hydrogen-bond donors (Lipinski definition) is 2. The second kappa shape index (κ2) is 8.71. The molecule has 1 aliphatic rings. The fraction of sp³-hybridized carbons (Fsp3) is 0.938. The van der Waals surface area contributed by atoms with Crippen molar-refractivity contribution in [2.24, 2.45) is 5.92 Å². The Bertz CT molecular complexity index is 315. The van der Waals surface area contributed by atoms with Crippen molar-refractivity contribution in [1.29, 1.82) is 0 Å². The second-order valence-corrected chi connectivity index (χ2v) is 7.12. The molecule has 0 spiro atoms. The minimum Gasteiger partial charge on any atom is -0.383 e. The molecule has 124 valence electrons. The van der Waals surface area contributed by atoms with E-state index in [-0.39, 0.29) is 17.5 Å². The van der Waals surface area contributed by atoms with Crippen LogP contribution in [0.5, 0.6) is 0 Å². The number of ether oxygens (including phenoxy) is 1. The standard InChI is InChI=1S/C16H33N3O2/c1-13(15(20)18-16(2,3)4)19-9-6-7-14(12-19)11-17-8-10-21-5/h13-14,17H,6-12H2,1-5H3,(H,18,20). The van der Waals surface area contributed by atoms with Gasteiger partial charge in [0.1, 0.15) is 0 Å². The molecule has 1 rings (SSSR count). The van der Waals surface area contributed by atoms with Gasteiger partial charge in [-0.15, -0.1) is 0 Å². The van der Waals surface area contributed by atoms with Crippen LogP contribution >= 0.6 is 0 Å². The monoisotopic (exact) mass is 299 g/mol. The average Bonchev–Trinajstić information content (AvgIpc) is 2.41. The van der Waals surface area contributed by atoms with Crippen molar-refractivity contribution in [3.63, 3.8) is 0 Å². The lowest BCUT2D eigenvalue weighted by molar-refractivity contribution is -0.128. The van der Waals surface area contributed by atoms with Crippen LogP contribution in [0.1, 0.15) is 40.5 Å². The van der Waals surface area contributed by atoms with Crippen LogP contribution in [0.25, 0.3) is 0 Å². The second-order valence-electron chi connectivity index (χ2n) is 7.12. The van der Waals surface area contributed by atoms with E-state index in [9.17, 15) is 4.79 Å². The Morgan fingerprint density at radius 3 is 2.76 bits per heavy atom. The maximum Gasteiger partial charge on any atom is 0.237 e. The van der Waals surface area contributed by atoms with Crippen LogP contribution in [0, 0.1) is 5.92 Å². The van der Waals surface area contributed by atoms with Gasteiger partial charge in [-0.3, -0.25) is 9.69 Å². The first-order valence-corrected chi connectivity index (χ1v) is 8.09. The van der Waals surface area contributed by atoms with E-state index in [0.717, 1.165) is 32.8 Å². The number of carbonyl (C=O) groups excluding carboxylic acids is 1. The highest BCUT2D eigenvalue weighted by molar-refractivity contribution is 5.81. The fourth-order valence-electron chi connectivity index (χ4n) is 2.74. The Hall–Kier alpha value is -0.650. The Labute approximate surface area is 129 Å². The number of amides is 1. The zero-order valence-electron chi connectivity index (χ0n) is 14.4. The third-order valence-corrected chi connectivity index (χ3v) is 3.89. The van der Waals surface area contributed by atoms with Crippen LogP contribution in [-0.2, 0) is 9.53 Å². The summed E-state index contributed by atoms with van der Waals surface area (Å²) in [6.07, 6.45) is 2.41. The number of piperidine rings is 1. The van der Waals surface area contributed by atoms with Gasteiger partial charge in [-0.2, -0.15) is 0 Å². The first-order valence-electron chi connectivity index (χ1n) is 8.09. The maximum atomic E-state index is 12.3. The van der Waals surface area contributed by atoms with E-state index in [1.54, 1.807) is 7.11 Å². The fourth-order valence-corrected chi connectivity index (χ4v) is 2.74. The molecule has 1 amide bonds. The lowest BCUT2D eigenvalue weighted by Gasteiger charge is -2.37. The number of nitrogens with one attached hydrogen (secondary N) is 2. The molecular formula is C16H33N3O2. The van der Waals surface area contributed by atoms with Crippen LogP contribution in [0.2, 0.25) is 0 Å². The number of nitrogens with zero attached hydrogens (tertiary/aromatic N) is 1. The molecule has 0 aromatic heterocycles. The molecule has 5 nitrogen and oxygen atoms in total. The third-order valence-electron chi connectivity index (χ3n) is 3.89. The Kier molecular flexibility index (Phi) is 7.63. The number of likely N-dealkylation sites (tertiary alicyclic amines) is 1. The summed E-state index contributed by atoms with van der Waals surface area (Å²) in [4.78, 5) is 14.6. The molecule has 5 heteroatoms. The molecule has 0 aromatic rings. The lowest BCUT2D eigenvalue weighted by Crippen LogP contribution is -2.53. The van der Waals surface area contributed by atoms with Gasteiger partial charge in [0.2, 0.25) is 5.91 Å². The van der Waals surface area contributed by atoms with Gasteiger partial charge in [0, 0.05) is 25.7 Å². The van der Waals surface area contributed by atoms with Crippen molar-refractivity contribution in [1.82, 2.24) is 15.5 Å². The van der Waals surface area contributed by atoms with Gasteiger partial charge >= 0.3 is 0 Å². The van der Waals surface area contributed by atoms with Gasteiger partial charge in [-0.05, 0) is 59.5 Å². The molecular weight excluding hydrogens is 266 g/mol. The third kappa shape index (κ3) is 7.25. The number of hydrogen-bond acceptors (Lipinski definition) is 4. The normalized spacial score (nSPS) is 22.0. The summed E-state index contributed by atoms with van der Waals surface area (Å²) in [5, 5.41) is 6.51. The Morgan fingerprint density at radius 1 is 1.43 bits per heavy atom. The summed E-state index contributed by atoms with van der Waals surface area (Å²) >= 11 is 0. The minimum absolute atomic E-state index is 0.0500. The molecule has 0 aliphatic carbocycles. The summed E-state index contributed by atoms with van der Waals surface area (Å²) < 4.78 is 5.04. The van der Waals surface area contributed by atoms with E-state index >= 15 is 0 Å². The van der Waals surface area contributed by atoms with E-state index in [2.05, 4.69) is 15.5 Å². The molecule has 1 aliphatic heterocycles. The summed E-state index contributed by atoms with van der Waals surface area (Å²) in [6, 6.07) is -0.0500. The molecule has 0 saturated carbocycles. The molecule has 1 saturated heterocycles. The largest absolute Gasteiger partial charge is 0.383 e. The summed E-state index contributed by atoms with van der Waals surface area (Å²) in [5.74, 6) is 0.760. The number of methoxy groups -OCH3 is 1. The van der Waals surface area contributed by atoms with Crippen molar-refractivity contribution in [3.05, 3.63) is 0 Å². The predicted molar refractivity (Wildman–Crippen MR) is 86.4 cm³/mol. The Morgan fingerprint density at radius 2 is 2.14 bits per heavy atom. The molecule has 0 radical (unpaired) electrons. The summed E-state index contributed by atoms with van der Waals surface area (Å²) in [5.41, 5.74) is -0.164. The van der Waals surface area contributed by atoms with Crippen molar-refractivity contribution in [3.8, 4) is 0 Å². The highest BCUT2D eigenvalue weighted by Crippen LogP contribution is 2.18. The van der Waals surface area contributed by atoms with E-state index in [1.807, 2.05) is 27.7 Å². The van der Waals surface area contributed by atoms with Crippen LogP contribution in [-0.4, -0.2) is 62.3 Å². The van der Waals surface area contributed by atoms with Crippen molar-refractivity contribution >= 4 is 5.91 Å². The van der Waals surface area contributed by atoms with Crippen LogP contribution < -0.4 is 10.6 Å². The van der Waals surface area contributed by atoms with Crippen LogP contribution in [0.4, 0.5) is 0 Å². The van der Waals surface area contributed by atoms with Gasteiger partial charge in [-0.1, -0.05) is 0 Å². The predicted octanol–water partition coefficient (Wildman–Crippen LogP) is 1.24. The van der Waals surface area contributed by atoms with E-state index in [4.69, 9.17) is 4.74 Å². The molecule has 2 N–H and O–H groups in total. The topological polar surface area (TPSA) is 53.6 Å². The van der Waals surface area contributed by atoms with Gasteiger partial charge in [0.05, 0.1) is 12.6 Å². The van der Waals surface area contributed by atoms with E-state index < -0.39 is 0 Å². The zero-order valence-corrected chi connectivity index (χ0v) is 14.4. The molecule has 2 atom stereocenters. The van der Waals surface area contributed by atoms with E-state index in [0.29, 0.717) is 5.92 Å². The van der Waals surface area contributed by atoms with E-state index in [1.165, 1.54) is 12.8 Å². The zero-order chi connectivity index (χ0) is 15.9. The summed E-state index contributed by atoms with van der Waals surface area (Å²) in [7, 11) is 1.72. The highest BCUT2D eigenvalue weighted by Gasteiger charge is 2.28. The highest BCUT2D eigenvalue weighted by atomic mass is 16.5.